The molecule has 0 unspecified atom stereocenters. The first-order valence-electron chi connectivity index (χ1n) is 11.8. The number of benzene rings is 3. The van der Waals surface area contributed by atoms with E-state index < -0.39 is 0 Å². The van der Waals surface area contributed by atoms with Crippen LogP contribution >= 0.6 is 11.3 Å². The van der Waals surface area contributed by atoms with E-state index in [4.69, 9.17) is 14.8 Å². The van der Waals surface area contributed by atoms with Crippen molar-refractivity contribution in [2.24, 2.45) is 0 Å². The summed E-state index contributed by atoms with van der Waals surface area (Å²) >= 11 is 1.64. The van der Waals surface area contributed by atoms with Gasteiger partial charge in [-0.15, -0.1) is 11.3 Å². The molecular formula is C28H23FN4O2S. The van der Waals surface area contributed by atoms with Crippen molar-refractivity contribution in [3.05, 3.63) is 95.4 Å². The van der Waals surface area contributed by atoms with Crippen molar-refractivity contribution in [1.82, 2.24) is 19.7 Å². The van der Waals surface area contributed by atoms with E-state index >= 15 is 0 Å². The second-order valence-corrected chi connectivity index (χ2v) is 9.78. The van der Waals surface area contributed by atoms with E-state index in [1.807, 2.05) is 47.4 Å². The molecule has 0 bridgehead atoms. The summed E-state index contributed by atoms with van der Waals surface area (Å²) in [7, 11) is 1.61. The van der Waals surface area contributed by atoms with Gasteiger partial charge in [0.05, 0.1) is 34.6 Å². The Balaban J connectivity index is 1.42. The summed E-state index contributed by atoms with van der Waals surface area (Å²) < 4.78 is 21.7. The average molecular weight is 499 g/mol. The van der Waals surface area contributed by atoms with Crippen LogP contribution in [-0.4, -0.2) is 39.2 Å². The Kier molecular flexibility index (Phi) is 5.73. The first-order valence-corrected chi connectivity index (χ1v) is 12.6. The number of rotatable bonds is 5. The SMILES string of the molecule is COc1cccc(-c2nn(-c3ccc(F)cc3)cc2C(=O)N2CCC[C@@H]2c2nc3ccccc3s2)c1. The standard InChI is InChI=1S/C28H23FN4O2S/c1-35-21-7-4-6-18(16-21)26-22(17-33(31-26)20-13-11-19(29)12-14-20)28(34)32-15-5-9-24(32)27-30-23-8-2-3-10-25(23)36-27/h2-4,6-8,10-14,16-17,24H,5,9,15H2,1H3/t24-/m1/s1. The third-order valence-corrected chi connectivity index (χ3v) is 7.63. The van der Waals surface area contributed by atoms with Crippen molar-refractivity contribution in [2.75, 3.05) is 13.7 Å². The Morgan fingerprint density at radius 3 is 2.72 bits per heavy atom. The van der Waals surface area contributed by atoms with E-state index in [0.717, 1.165) is 33.6 Å². The van der Waals surface area contributed by atoms with E-state index in [1.165, 1.54) is 12.1 Å². The van der Waals surface area contributed by atoms with Crippen LogP contribution in [0.1, 0.15) is 34.2 Å². The molecule has 1 aliphatic heterocycles. The molecule has 1 aliphatic rings. The van der Waals surface area contributed by atoms with Crippen LogP contribution in [0, 0.1) is 5.82 Å². The molecule has 1 atom stereocenters. The maximum Gasteiger partial charge on any atom is 0.258 e. The number of methoxy groups -OCH3 is 1. The minimum atomic E-state index is -0.328. The number of hydrogen-bond donors (Lipinski definition) is 0. The second-order valence-electron chi connectivity index (χ2n) is 8.72. The lowest BCUT2D eigenvalue weighted by molar-refractivity contribution is 0.0736. The summed E-state index contributed by atoms with van der Waals surface area (Å²) in [6.07, 6.45) is 3.51. The van der Waals surface area contributed by atoms with Crippen LogP contribution in [0.4, 0.5) is 4.39 Å². The number of carbonyl (C=O) groups is 1. The second kappa shape index (κ2) is 9.20. The number of hydrogen-bond acceptors (Lipinski definition) is 5. The van der Waals surface area contributed by atoms with Gasteiger partial charge in [-0.25, -0.2) is 14.1 Å². The first kappa shape index (κ1) is 22.4. The molecule has 3 aromatic carbocycles. The number of para-hydroxylation sites is 1. The number of halogens is 1. The predicted octanol–water partition coefficient (Wildman–Crippen LogP) is 6.27. The van der Waals surface area contributed by atoms with Gasteiger partial charge >= 0.3 is 0 Å². The molecule has 2 aromatic heterocycles. The molecule has 180 valence electrons. The van der Waals surface area contributed by atoms with E-state index in [9.17, 15) is 9.18 Å². The molecule has 0 aliphatic carbocycles. The van der Waals surface area contributed by atoms with Gasteiger partial charge in [0, 0.05) is 18.3 Å². The van der Waals surface area contributed by atoms with Crippen LogP contribution in [0.25, 0.3) is 27.2 Å². The van der Waals surface area contributed by atoms with Crippen molar-refractivity contribution in [2.45, 2.75) is 18.9 Å². The quantitative estimate of drug-likeness (QED) is 0.286. The van der Waals surface area contributed by atoms with Crippen molar-refractivity contribution >= 4 is 27.5 Å². The normalized spacial score (nSPS) is 15.5. The Bertz CT molecular complexity index is 1530. The third kappa shape index (κ3) is 4.03. The highest BCUT2D eigenvalue weighted by atomic mass is 32.1. The maximum absolute atomic E-state index is 14.1. The van der Waals surface area contributed by atoms with Crippen molar-refractivity contribution < 1.29 is 13.9 Å². The molecular weight excluding hydrogens is 475 g/mol. The fraction of sp³-hybridized carbons (Fsp3) is 0.179. The van der Waals surface area contributed by atoms with E-state index in [-0.39, 0.29) is 17.8 Å². The van der Waals surface area contributed by atoms with Gasteiger partial charge in [0.1, 0.15) is 22.3 Å². The highest BCUT2D eigenvalue weighted by Crippen LogP contribution is 2.38. The fourth-order valence-electron chi connectivity index (χ4n) is 4.69. The smallest absolute Gasteiger partial charge is 0.258 e. The van der Waals surface area contributed by atoms with Gasteiger partial charge in [0.15, 0.2) is 0 Å². The molecule has 6 rings (SSSR count). The van der Waals surface area contributed by atoms with Crippen molar-refractivity contribution in [3.8, 4) is 22.7 Å². The Morgan fingerprint density at radius 2 is 1.92 bits per heavy atom. The zero-order valence-electron chi connectivity index (χ0n) is 19.6. The number of carbonyl (C=O) groups excluding carboxylic acids is 1. The van der Waals surface area contributed by atoms with Gasteiger partial charge in [-0.05, 0) is 61.4 Å². The number of amides is 1. The molecule has 0 spiro atoms. The van der Waals surface area contributed by atoms with Crippen LogP contribution in [-0.2, 0) is 0 Å². The Morgan fingerprint density at radius 1 is 1.08 bits per heavy atom. The summed E-state index contributed by atoms with van der Waals surface area (Å²) in [5, 5.41) is 5.71. The number of thiazole rings is 1. The highest BCUT2D eigenvalue weighted by molar-refractivity contribution is 7.18. The molecule has 1 fully saturated rings. The lowest BCUT2D eigenvalue weighted by Crippen LogP contribution is -2.30. The largest absolute Gasteiger partial charge is 0.497 e. The number of nitrogens with zero attached hydrogens (tertiary/aromatic N) is 4. The third-order valence-electron chi connectivity index (χ3n) is 6.49. The number of ether oxygens (including phenoxy) is 1. The zero-order valence-corrected chi connectivity index (χ0v) is 20.4. The average Bonchev–Trinajstić information content (AvgIpc) is 3.66. The molecule has 1 amide bonds. The molecule has 3 heterocycles. The summed E-state index contributed by atoms with van der Waals surface area (Å²) in [5.74, 6) is 0.254. The Labute approximate surface area is 211 Å². The van der Waals surface area contributed by atoms with Crippen LogP contribution in [0.15, 0.2) is 79.0 Å². The fourth-order valence-corrected chi connectivity index (χ4v) is 5.81. The summed E-state index contributed by atoms with van der Waals surface area (Å²) in [4.78, 5) is 20.8. The van der Waals surface area contributed by atoms with E-state index in [1.54, 1.807) is 41.5 Å². The van der Waals surface area contributed by atoms with Gasteiger partial charge in [-0.2, -0.15) is 5.10 Å². The lowest BCUT2D eigenvalue weighted by Gasteiger charge is -2.23. The minimum absolute atomic E-state index is 0.0813. The van der Waals surface area contributed by atoms with Crippen LogP contribution in [0.2, 0.25) is 0 Å². The topological polar surface area (TPSA) is 60.3 Å². The van der Waals surface area contributed by atoms with Crippen molar-refractivity contribution in [1.29, 1.82) is 0 Å². The Hall–Kier alpha value is -4.04. The number of fused-ring (bicyclic) bond motifs is 1. The van der Waals surface area contributed by atoms with Gasteiger partial charge < -0.3 is 9.64 Å². The number of likely N-dealkylation sites (tertiary alicyclic amines) is 1. The maximum atomic E-state index is 14.1. The summed E-state index contributed by atoms with van der Waals surface area (Å²) in [5.41, 5.74) is 3.44. The molecule has 5 aromatic rings. The predicted molar refractivity (Wildman–Crippen MR) is 138 cm³/mol. The molecule has 1 saturated heterocycles. The molecule has 0 saturated carbocycles. The van der Waals surface area contributed by atoms with Crippen LogP contribution < -0.4 is 4.74 Å². The van der Waals surface area contributed by atoms with Gasteiger partial charge in [0.2, 0.25) is 0 Å². The van der Waals surface area contributed by atoms with Crippen molar-refractivity contribution in [3.63, 3.8) is 0 Å². The van der Waals surface area contributed by atoms with E-state index in [0.29, 0.717) is 29.2 Å². The molecule has 6 nitrogen and oxygen atoms in total. The zero-order chi connectivity index (χ0) is 24.6. The molecule has 0 N–H and O–H groups in total. The summed E-state index contributed by atoms with van der Waals surface area (Å²) in [6.45, 7) is 0.651. The summed E-state index contributed by atoms with van der Waals surface area (Å²) in [6, 6.07) is 21.5. The minimum Gasteiger partial charge on any atom is -0.497 e. The molecule has 0 radical (unpaired) electrons. The number of aromatic nitrogens is 3. The highest BCUT2D eigenvalue weighted by Gasteiger charge is 2.35. The molecule has 36 heavy (non-hydrogen) atoms. The monoisotopic (exact) mass is 498 g/mol. The van der Waals surface area contributed by atoms with Gasteiger partial charge in [0.25, 0.3) is 5.91 Å². The lowest BCUT2D eigenvalue weighted by atomic mass is 10.1. The van der Waals surface area contributed by atoms with Crippen LogP contribution in [0.3, 0.4) is 0 Å². The van der Waals surface area contributed by atoms with Gasteiger partial charge in [-0.1, -0.05) is 24.3 Å². The molecule has 8 heteroatoms. The van der Waals surface area contributed by atoms with E-state index in [2.05, 4.69) is 6.07 Å². The van der Waals surface area contributed by atoms with Crippen LogP contribution in [0.5, 0.6) is 5.75 Å². The van der Waals surface area contributed by atoms with Gasteiger partial charge in [-0.3, -0.25) is 4.79 Å². The first-order chi connectivity index (χ1) is 17.6.